The monoisotopic (exact) mass is 505 g/mol. The van der Waals surface area contributed by atoms with E-state index < -0.39 is 0 Å². The van der Waals surface area contributed by atoms with Crippen molar-refractivity contribution in [3.8, 4) is 11.1 Å². The summed E-state index contributed by atoms with van der Waals surface area (Å²) in [5, 5.41) is 5.98. The van der Waals surface area contributed by atoms with Gasteiger partial charge in [0.2, 0.25) is 5.91 Å². The van der Waals surface area contributed by atoms with Gasteiger partial charge < -0.3 is 20.1 Å². The van der Waals surface area contributed by atoms with Crippen LogP contribution in [0, 0.1) is 5.82 Å². The summed E-state index contributed by atoms with van der Waals surface area (Å²) >= 11 is 3.60. The molecule has 2 atom stereocenters. The Morgan fingerprint density at radius 1 is 1.28 bits per heavy atom. The van der Waals surface area contributed by atoms with Crippen LogP contribution in [0.15, 0.2) is 34.9 Å². The predicted octanol–water partition coefficient (Wildman–Crippen LogP) is 2.48. The molecular formula is C23H29BrFN5O2. The van der Waals surface area contributed by atoms with Crippen molar-refractivity contribution < 1.29 is 14.0 Å². The highest BCUT2D eigenvalue weighted by molar-refractivity contribution is 9.10. The van der Waals surface area contributed by atoms with Crippen molar-refractivity contribution in [2.45, 2.75) is 25.4 Å². The van der Waals surface area contributed by atoms with Crippen molar-refractivity contribution in [3.63, 3.8) is 0 Å². The third kappa shape index (κ3) is 5.05. The summed E-state index contributed by atoms with van der Waals surface area (Å²) in [5.41, 5.74) is 1.87. The van der Waals surface area contributed by atoms with E-state index in [0.29, 0.717) is 22.4 Å². The smallest absolute Gasteiger partial charge is 0.268 e. The Hall–Kier alpha value is -2.23. The molecule has 2 aliphatic heterocycles. The van der Waals surface area contributed by atoms with E-state index in [0.717, 1.165) is 38.3 Å². The van der Waals surface area contributed by atoms with Gasteiger partial charge in [0.15, 0.2) is 0 Å². The number of carbonyl (C=O) groups is 2. The van der Waals surface area contributed by atoms with Crippen molar-refractivity contribution >= 4 is 27.7 Å². The van der Waals surface area contributed by atoms with Crippen molar-refractivity contribution in [1.82, 2.24) is 25.0 Å². The lowest BCUT2D eigenvalue weighted by Gasteiger charge is -2.34. The van der Waals surface area contributed by atoms with Gasteiger partial charge in [-0.25, -0.2) is 4.39 Å². The van der Waals surface area contributed by atoms with E-state index in [-0.39, 0.29) is 36.1 Å². The van der Waals surface area contributed by atoms with Gasteiger partial charge >= 0.3 is 0 Å². The molecule has 0 aliphatic carbocycles. The first kappa shape index (κ1) is 22.9. The number of likely N-dealkylation sites (N-methyl/N-ethyl adjacent to an activating group) is 1. The fourth-order valence-electron chi connectivity index (χ4n) is 4.46. The third-order valence-electron chi connectivity index (χ3n) is 6.16. The van der Waals surface area contributed by atoms with Crippen molar-refractivity contribution in [3.05, 3.63) is 46.4 Å². The Morgan fingerprint density at radius 3 is 2.75 bits per heavy atom. The second kappa shape index (κ2) is 9.72. The number of fused-ring (bicyclic) bond motifs is 1. The zero-order chi connectivity index (χ0) is 22.8. The van der Waals surface area contributed by atoms with Crippen LogP contribution in [0.4, 0.5) is 4.39 Å². The minimum Gasteiger partial charge on any atom is -0.352 e. The minimum atomic E-state index is -0.340. The molecule has 1 aromatic carbocycles. The molecule has 172 valence electrons. The van der Waals surface area contributed by atoms with Crippen LogP contribution in [0.2, 0.25) is 0 Å². The van der Waals surface area contributed by atoms with Gasteiger partial charge in [0, 0.05) is 57.3 Å². The minimum absolute atomic E-state index is 0.0412. The van der Waals surface area contributed by atoms with Crippen molar-refractivity contribution in [2.24, 2.45) is 0 Å². The number of carbonyl (C=O) groups excluding carboxylic acids is 2. The molecule has 2 N–H and O–H groups in total. The number of hydrogen-bond acceptors (Lipinski definition) is 4. The fraction of sp³-hybridized carbons (Fsp3) is 0.478. The van der Waals surface area contributed by atoms with E-state index in [9.17, 15) is 14.0 Å². The summed E-state index contributed by atoms with van der Waals surface area (Å²) in [6, 6.07) is 7.82. The average molecular weight is 506 g/mol. The largest absolute Gasteiger partial charge is 0.352 e. The van der Waals surface area contributed by atoms with Crippen molar-refractivity contribution in [1.29, 1.82) is 0 Å². The molecule has 1 aromatic heterocycles. The number of nitrogens with one attached hydrogen (secondary N) is 2. The molecule has 0 saturated carbocycles. The lowest BCUT2D eigenvalue weighted by Crippen LogP contribution is -2.50. The van der Waals surface area contributed by atoms with Gasteiger partial charge in [-0.05, 0) is 53.7 Å². The SMILES string of the molecule is CC(CN1CCN(C)CC1)NC(=O)C[C@@H]1CNC(=O)c2cc(-c3cccc(F)c3)c(Br)n21. The Kier molecular flexibility index (Phi) is 6.97. The number of piperazine rings is 1. The van der Waals surface area contributed by atoms with E-state index in [1.807, 2.05) is 11.5 Å². The number of amides is 2. The number of halogens is 2. The van der Waals surface area contributed by atoms with E-state index in [4.69, 9.17) is 0 Å². The maximum absolute atomic E-state index is 13.7. The highest BCUT2D eigenvalue weighted by Crippen LogP contribution is 2.36. The zero-order valence-electron chi connectivity index (χ0n) is 18.4. The highest BCUT2D eigenvalue weighted by Gasteiger charge is 2.31. The lowest BCUT2D eigenvalue weighted by atomic mass is 10.1. The van der Waals surface area contributed by atoms with Gasteiger partial charge in [-0.1, -0.05) is 12.1 Å². The number of nitrogens with zero attached hydrogens (tertiary/aromatic N) is 3. The first-order valence-electron chi connectivity index (χ1n) is 11.0. The zero-order valence-corrected chi connectivity index (χ0v) is 20.0. The van der Waals surface area contributed by atoms with Crippen LogP contribution >= 0.6 is 15.9 Å². The van der Waals surface area contributed by atoms with Gasteiger partial charge in [0.25, 0.3) is 5.91 Å². The van der Waals surface area contributed by atoms with Crippen LogP contribution in [0.5, 0.6) is 0 Å². The Bertz CT molecular complexity index is 1000. The summed E-state index contributed by atoms with van der Waals surface area (Å²) in [6.45, 7) is 7.31. The maximum atomic E-state index is 13.7. The molecule has 2 amide bonds. The quantitative estimate of drug-likeness (QED) is 0.632. The number of hydrogen-bond donors (Lipinski definition) is 2. The molecule has 0 bridgehead atoms. The van der Waals surface area contributed by atoms with Gasteiger partial charge in [0.1, 0.15) is 11.5 Å². The Labute approximate surface area is 196 Å². The van der Waals surface area contributed by atoms with Crippen LogP contribution in [-0.4, -0.2) is 78.5 Å². The average Bonchev–Trinajstić information content (AvgIpc) is 3.10. The molecule has 3 heterocycles. The summed E-state index contributed by atoms with van der Waals surface area (Å²) in [4.78, 5) is 30.0. The van der Waals surface area contributed by atoms with Crippen LogP contribution in [0.3, 0.4) is 0 Å². The van der Waals surface area contributed by atoms with Gasteiger partial charge in [-0.15, -0.1) is 0 Å². The fourth-order valence-corrected chi connectivity index (χ4v) is 5.28. The van der Waals surface area contributed by atoms with Crippen LogP contribution in [0.1, 0.15) is 29.9 Å². The molecule has 2 aromatic rings. The predicted molar refractivity (Wildman–Crippen MR) is 125 cm³/mol. The summed E-state index contributed by atoms with van der Waals surface area (Å²) in [5.74, 6) is -0.589. The van der Waals surface area contributed by atoms with E-state index in [1.54, 1.807) is 18.2 Å². The molecule has 1 fully saturated rings. The van der Waals surface area contributed by atoms with Gasteiger partial charge in [0.05, 0.1) is 10.6 Å². The number of rotatable bonds is 6. The molecule has 2 aliphatic rings. The van der Waals surface area contributed by atoms with Gasteiger partial charge in [-0.2, -0.15) is 0 Å². The van der Waals surface area contributed by atoms with E-state index in [2.05, 4.69) is 43.4 Å². The van der Waals surface area contributed by atoms with Crippen LogP contribution in [0.25, 0.3) is 11.1 Å². The topological polar surface area (TPSA) is 69.6 Å². The Balaban J connectivity index is 1.44. The van der Waals surface area contributed by atoms with Crippen molar-refractivity contribution in [2.75, 3.05) is 46.3 Å². The molecule has 32 heavy (non-hydrogen) atoms. The highest BCUT2D eigenvalue weighted by atomic mass is 79.9. The summed E-state index contributed by atoms with van der Waals surface area (Å²) < 4.78 is 16.3. The summed E-state index contributed by atoms with van der Waals surface area (Å²) in [6.07, 6.45) is 0.246. The Morgan fingerprint density at radius 2 is 2.03 bits per heavy atom. The normalized spacial score (nSPS) is 20.5. The lowest BCUT2D eigenvalue weighted by molar-refractivity contribution is -0.122. The van der Waals surface area contributed by atoms with Gasteiger partial charge in [-0.3, -0.25) is 14.5 Å². The molecule has 9 heteroatoms. The summed E-state index contributed by atoms with van der Waals surface area (Å²) in [7, 11) is 2.12. The molecular weight excluding hydrogens is 477 g/mol. The first-order chi connectivity index (χ1) is 15.3. The standard InChI is InChI=1S/C23H29BrFN5O2/c1-15(14-29-8-6-28(2)7-9-29)27-21(31)11-18-13-26-23(32)20-12-19(22(24)30(18)20)16-4-3-5-17(25)10-16/h3-5,10,12,15,18H,6-9,11,13-14H2,1-2H3,(H,26,32)(H,27,31)/t15?,18-/m1/s1. The molecule has 1 saturated heterocycles. The first-order valence-corrected chi connectivity index (χ1v) is 11.8. The second-order valence-corrected chi connectivity index (χ2v) is 9.51. The maximum Gasteiger partial charge on any atom is 0.268 e. The van der Waals surface area contributed by atoms with E-state index in [1.165, 1.54) is 12.1 Å². The molecule has 0 spiro atoms. The van der Waals surface area contributed by atoms with Crippen LogP contribution < -0.4 is 10.6 Å². The molecule has 1 unspecified atom stereocenters. The molecule has 0 radical (unpaired) electrons. The van der Waals surface area contributed by atoms with E-state index >= 15 is 0 Å². The molecule has 7 nitrogen and oxygen atoms in total. The number of aromatic nitrogens is 1. The third-order valence-corrected chi connectivity index (χ3v) is 6.97. The van der Waals surface area contributed by atoms with Crippen LogP contribution in [-0.2, 0) is 4.79 Å². The number of benzene rings is 1. The molecule has 4 rings (SSSR count). The second-order valence-electron chi connectivity index (χ2n) is 8.75.